The Hall–Kier alpha value is -4.13. The number of aryl methyl sites for hydroxylation is 1. The van der Waals surface area contributed by atoms with E-state index in [0.717, 1.165) is 12.0 Å². The van der Waals surface area contributed by atoms with Crippen LogP contribution in [0, 0.1) is 12.8 Å². The number of hydrogen-bond acceptors (Lipinski definition) is 4. The lowest BCUT2D eigenvalue weighted by Gasteiger charge is -2.11. The van der Waals surface area contributed by atoms with E-state index in [2.05, 4.69) is 30.0 Å². The quantitative estimate of drug-likeness (QED) is 0.424. The van der Waals surface area contributed by atoms with Crippen LogP contribution in [0.15, 0.2) is 72.8 Å². The predicted octanol–water partition coefficient (Wildman–Crippen LogP) is 4.75. The maximum Gasteiger partial charge on any atom is 0.269 e. The van der Waals surface area contributed by atoms with E-state index in [9.17, 15) is 14.4 Å². The first kappa shape index (κ1) is 24.5. The lowest BCUT2D eigenvalue weighted by molar-refractivity contribution is 0.0846. The molecule has 0 spiro atoms. The number of hydrogen-bond donors (Lipinski definition) is 3. The molecule has 7 nitrogen and oxygen atoms in total. The van der Waals surface area contributed by atoms with E-state index in [4.69, 9.17) is 4.74 Å². The van der Waals surface area contributed by atoms with E-state index >= 15 is 0 Å². The predicted molar refractivity (Wildman–Crippen MR) is 132 cm³/mol. The molecule has 0 atom stereocenters. The zero-order chi connectivity index (χ0) is 24.5. The van der Waals surface area contributed by atoms with Crippen LogP contribution in [0.25, 0.3) is 0 Å². The second kappa shape index (κ2) is 11.7. The number of amides is 3. The van der Waals surface area contributed by atoms with Crippen molar-refractivity contribution in [2.45, 2.75) is 27.2 Å². The summed E-state index contributed by atoms with van der Waals surface area (Å²) in [6.07, 6.45) is 0.918. The molecule has 176 valence electrons. The normalized spacial score (nSPS) is 10.5. The molecular weight excluding hydrogens is 430 g/mol. The Morgan fingerprint density at radius 3 is 2.15 bits per heavy atom. The van der Waals surface area contributed by atoms with Crippen molar-refractivity contribution in [2.75, 3.05) is 11.9 Å². The highest BCUT2D eigenvalue weighted by atomic mass is 16.5. The molecule has 0 bridgehead atoms. The summed E-state index contributed by atoms with van der Waals surface area (Å²) in [6.45, 7) is 6.67. The van der Waals surface area contributed by atoms with Crippen LogP contribution in [0.1, 0.15) is 56.9 Å². The van der Waals surface area contributed by atoms with Crippen molar-refractivity contribution in [3.63, 3.8) is 0 Å². The number of nitrogens with one attached hydrogen (secondary N) is 3. The third kappa shape index (κ3) is 6.93. The highest BCUT2D eigenvalue weighted by molar-refractivity contribution is 6.05. The van der Waals surface area contributed by atoms with Gasteiger partial charge < -0.3 is 10.1 Å². The van der Waals surface area contributed by atoms with Crippen molar-refractivity contribution in [3.05, 3.63) is 95.1 Å². The molecule has 3 aromatic rings. The molecule has 0 unspecified atom stereocenters. The summed E-state index contributed by atoms with van der Waals surface area (Å²) in [5.41, 5.74) is 7.53. The van der Waals surface area contributed by atoms with E-state index in [-0.39, 0.29) is 5.91 Å². The smallest absolute Gasteiger partial charge is 0.269 e. The van der Waals surface area contributed by atoms with Gasteiger partial charge in [-0.05, 0) is 73.4 Å². The molecular formula is C27H29N3O4. The van der Waals surface area contributed by atoms with Crippen molar-refractivity contribution in [2.24, 2.45) is 5.92 Å². The zero-order valence-electron chi connectivity index (χ0n) is 19.6. The van der Waals surface area contributed by atoms with Crippen LogP contribution in [-0.2, 0) is 0 Å². The van der Waals surface area contributed by atoms with Crippen molar-refractivity contribution >= 4 is 23.4 Å². The SMILES string of the molecule is Cc1ccccc1C(=O)Nc1ccc(C(=O)NNC(=O)c2cccc(OCCC(C)C)c2)cc1. The second-order valence-electron chi connectivity index (χ2n) is 8.31. The van der Waals surface area contributed by atoms with Crippen molar-refractivity contribution in [3.8, 4) is 5.75 Å². The minimum absolute atomic E-state index is 0.224. The van der Waals surface area contributed by atoms with E-state index in [1.807, 2.05) is 19.1 Å². The highest BCUT2D eigenvalue weighted by Crippen LogP contribution is 2.15. The fraction of sp³-hybridized carbons (Fsp3) is 0.222. The number of carbonyl (C=O) groups is 3. The highest BCUT2D eigenvalue weighted by Gasteiger charge is 2.12. The van der Waals surface area contributed by atoms with Crippen LogP contribution in [0.3, 0.4) is 0 Å². The molecule has 0 aliphatic carbocycles. The number of benzene rings is 3. The van der Waals surface area contributed by atoms with Gasteiger partial charge in [-0.3, -0.25) is 25.2 Å². The van der Waals surface area contributed by atoms with Crippen LogP contribution in [0.4, 0.5) is 5.69 Å². The van der Waals surface area contributed by atoms with Gasteiger partial charge in [0, 0.05) is 22.4 Å². The number of rotatable bonds is 8. The van der Waals surface area contributed by atoms with Gasteiger partial charge in [-0.15, -0.1) is 0 Å². The van der Waals surface area contributed by atoms with E-state index in [1.54, 1.807) is 60.7 Å². The summed E-state index contributed by atoms with van der Waals surface area (Å²) in [5, 5.41) is 2.81. The molecule has 3 amide bonds. The van der Waals surface area contributed by atoms with Crippen molar-refractivity contribution < 1.29 is 19.1 Å². The summed E-state index contributed by atoms with van der Waals surface area (Å²) in [7, 11) is 0. The number of anilines is 1. The molecule has 0 fully saturated rings. The van der Waals surface area contributed by atoms with Crippen LogP contribution < -0.4 is 20.9 Å². The lowest BCUT2D eigenvalue weighted by atomic mass is 10.1. The average molecular weight is 460 g/mol. The van der Waals surface area contributed by atoms with E-state index in [1.165, 1.54) is 0 Å². The Balaban J connectivity index is 1.52. The number of hydrazine groups is 1. The van der Waals surface area contributed by atoms with Gasteiger partial charge in [-0.25, -0.2) is 0 Å². The van der Waals surface area contributed by atoms with Gasteiger partial charge in [-0.1, -0.05) is 38.1 Å². The molecule has 0 heterocycles. The third-order valence-corrected chi connectivity index (χ3v) is 5.14. The molecule has 7 heteroatoms. The summed E-state index contributed by atoms with van der Waals surface area (Å²) < 4.78 is 5.68. The molecule has 0 saturated heterocycles. The Kier molecular flexibility index (Phi) is 8.40. The molecule has 0 radical (unpaired) electrons. The van der Waals surface area contributed by atoms with Gasteiger partial charge in [0.25, 0.3) is 17.7 Å². The average Bonchev–Trinajstić information content (AvgIpc) is 2.83. The zero-order valence-corrected chi connectivity index (χ0v) is 19.6. The minimum Gasteiger partial charge on any atom is -0.494 e. The topological polar surface area (TPSA) is 96.5 Å². The van der Waals surface area contributed by atoms with Gasteiger partial charge in [0.05, 0.1) is 6.61 Å². The molecule has 0 saturated carbocycles. The molecule has 0 aromatic heterocycles. The maximum absolute atomic E-state index is 12.4. The second-order valence-corrected chi connectivity index (χ2v) is 8.31. The summed E-state index contributed by atoms with van der Waals surface area (Å²) >= 11 is 0. The van der Waals surface area contributed by atoms with Gasteiger partial charge in [0.15, 0.2) is 0 Å². The monoisotopic (exact) mass is 459 g/mol. The standard InChI is InChI=1S/C27H29N3O4/c1-18(2)15-16-34-23-9-6-8-21(17-23)26(32)30-29-25(31)20-11-13-22(14-12-20)28-27(33)24-10-5-4-7-19(24)3/h4-14,17-18H,15-16H2,1-3H3,(H,28,33)(H,29,31)(H,30,32). The summed E-state index contributed by atoms with van der Waals surface area (Å²) in [5.74, 6) is -0.0275. The van der Waals surface area contributed by atoms with Crippen LogP contribution in [-0.4, -0.2) is 24.3 Å². The van der Waals surface area contributed by atoms with Crippen LogP contribution >= 0.6 is 0 Å². The number of ether oxygens (including phenoxy) is 1. The summed E-state index contributed by atoms with van der Waals surface area (Å²) in [6, 6.07) is 20.5. The lowest BCUT2D eigenvalue weighted by Crippen LogP contribution is -2.41. The Labute approximate surface area is 199 Å². The molecule has 3 aromatic carbocycles. The van der Waals surface area contributed by atoms with E-state index in [0.29, 0.717) is 40.7 Å². The minimum atomic E-state index is -0.477. The molecule has 3 rings (SSSR count). The molecule has 3 N–H and O–H groups in total. The van der Waals surface area contributed by atoms with Gasteiger partial charge in [0.2, 0.25) is 0 Å². The van der Waals surface area contributed by atoms with E-state index < -0.39 is 11.8 Å². The Bertz CT molecular complexity index is 1160. The first-order valence-corrected chi connectivity index (χ1v) is 11.1. The third-order valence-electron chi connectivity index (χ3n) is 5.14. The maximum atomic E-state index is 12.4. The van der Waals surface area contributed by atoms with Gasteiger partial charge in [0.1, 0.15) is 5.75 Å². The number of carbonyl (C=O) groups excluding carboxylic acids is 3. The Morgan fingerprint density at radius 2 is 1.47 bits per heavy atom. The Morgan fingerprint density at radius 1 is 0.794 bits per heavy atom. The molecule has 34 heavy (non-hydrogen) atoms. The fourth-order valence-electron chi connectivity index (χ4n) is 3.13. The molecule has 0 aliphatic rings. The van der Waals surface area contributed by atoms with Crippen molar-refractivity contribution in [1.82, 2.24) is 10.9 Å². The van der Waals surface area contributed by atoms with Crippen LogP contribution in [0.5, 0.6) is 5.75 Å². The van der Waals surface area contributed by atoms with Gasteiger partial charge in [-0.2, -0.15) is 0 Å². The largest absolute Gasteiger partial charge is 0.494 e. The van der Waals surface area contributed by atoms with Crippen molar-refractivity contribution in [1.29, 1.82) is 0 Å². The fourth-order valence-corrected chi connectivity index (χ4v) is 3.13. The first-order chi connectivity index (χ1) is 16.3. The summed E-state index contributed by atoms with van der Waals surface area (Å²) in [4.78, 5) is 37.3. The molecule has 0 aliphatic heterocycles. The first-order valence-electron chi connectivity index (χ1n) is 11.1. The van der Waals surface area contributed by atoms with Gasteiger partial charge >= 0.3 is 0 Å². The van der Waals surface area contributed by atoms with Crippen LogP contribution in [0.2, 0.25) is 0 Å².